The third kappa shape index (κ3) is 5.48. The molecule has 1 saturated heterocycles. The smallest absolute Gasteiger partial charge is 0.347 e. The van der Waals surface area contributed by atoms with Crippen LogP contribution in [0.4, 0.5) is 17.6 Å². The second-order valence-electron chi connectivity index (χ2n) is 10.3. The zero-order valence-corrected chi connectivity index (χ0v) is 20.1. The van der Waals surface area contributed by atoms with Gasteiger partial charge in [0.25, 0.3) is 5.91 Å². The van der Waals surface area contributed by atoms with E-state index in [1.165, 1.54) is 11.1 Å². The van der Waals surface area contributed by atoms with Crippen molar-refractivity contribution in [3.8, 4) is 12.3 Å². The number of hydrogen-bond acceptors (Lipinski definition) is 3. The Hall–Kier alpha value is -3.41. The van der Waals surface area contributed by atoms with Crippen LogP contribution in [0, 0.1) is 30.0 Å². The van der Waals surface area contributed by atoms with Crippen LogP contribution in [0.5, 0.6) is 0 Å². The van der Waals surface area contributed by atoms with Gasteiger partial charge in [-0.3, -0.25) is 14.6 Å². The lowest BCUT2D eigenvalue weighted by atomic mass is 9.98. The number of likely N-dealkylation sites (tertiary alicyclic amines) is 1. The number of carbonyl (C=O) groups excluding carboxylic acids is 2. The molecule has 1 aliphatic heterocycles. The van der Waals surface area contributed by atoms with E-state index in [1.807, 2.05) is 6.07 Å². The topological polar surface area (TPSA) is 62.3 Å². The maximum absolute atomic E-state index is 14.8. The van der Waals surface area contributed by atoms with E-state index in [0.29, 0.717) is 36.9 Å². The number of benzene rings is 1. The summed E-state index contributed by atoms with van der Waals surface area (Å²) in [4.78, 5) is 32.7. The van der Waals surface area contributed by atoms with Crippen LogP contribution in [-0.4, -0.2) is 34.3 Å². The van der Waals surface area contributed by atoms with Gasteiger partial charge in [0, 0.05) is 30.9 Å². The van der Waals surface area contributed by atoms with Crippen molar-refractivity contribution in [2.45, 2.75) is 62.7 Å². The van der Waals surface area contributed by atoms with Crippen LogP contribution in [0.25, 0.3) is 0 Å². The average molecular weight is 514 g/mol. The monoisotopic (exact) mass is 513 g/mol. The molecule has 1 N–H and O–H groups in total. The Morgan fingerprint density at radius 1 is 1.16 bits per heavy atom. The molecule has 3 atom stereocenters. The first-order valence-electron chi connectivity index (χ1n) is 12.5. The fourth-order valence-corrected chi connectivity index (χ4v) is 5.18. The Morgan fingerprint density at radius 2 is 1.92 bits per heavy atom. The van der Waals surface area contributed by atoms with Crippen molar-refractivity contribution in [1.29, 1.82) is 0 Å². The SMILES string of the molecule is C#CC[C@@H]1C[C@H](C(=O)N[C@@H](c2ccc(C(F)(F)F)cc2F)C2CC2)N(C(=O)c2cncc(C3CC3)c2)C1. The first kappa shape index (κ1) is 25.2. The fourth-order valence-electron chi connectivity index (χ4n) is 5.18. The zero-order chi connectivity index (χ0) is 26.3. The molecule has 2 amide bonds. The van der Waals surface area contributed by atoms with Crippen LogP contribution >= 0.6 is 0 Å². The zero-order valence-electron chi connectivity index (χ0n) is 20.1. The summed E-state index contributed by atoms with van der Waals surface area (Å²) in [7, 11) is 0. The summed E-state index contributed by atoms with van der Waals surface area (Å²) < 4.78 is 53.9. The van der Waals surface area contributed by atoms with E-state index in [-0.39, 0.29) is 23.3 Å². The van der Waals surface area contributed by atoms with Crippen molar-refractivity contribution in [3.63, 3.8) is 0 Å². The van der Waals surface area contributed by atoms with Gasteiger partial charge in [-0.15, -0.1) is 12.3 Å². The van der Waals surface area contributed by atoms with Crippen LogP contribution in [-0.2, 0) is 11.0 Å². The Bertz CT molecular complexity index is 1250. The van der Waals surface area contributed by atoms with Gasteiger partial charge in [-0.25, -0.2) is 4.39 Å². The molecule has 3 fully saturated rings. The van der Waals surface area contributed by atoms with Crippen LogP contribution in [0.2, 0.25) is 0 Å². The average Bonchev–Trinajstić information content (AvgIpc) is 3.79. The lowest BCUT2D eigenvalue weighted by Gasteiger charge is -2.27. The molecule has 0 bridgehead atoms. The summed E-state index contributed by atoms with van der Waals surface area (Å²) in [5.74, 6) is 1.05. The van der Waals surface area contributed by atoms with Gasteiger partial charge in [0.2, 0.25) is 5.91 Å². The van der Waals surface area contributed by atoms with E-state index in [1.54, 1.807) is 6.20 Å². The molecule has 0 unspecified atom stereocenters. The number of halogens is 4. The molecule has 3 aliphatic rings. The molecular weight excluding hydrogens is 486 g/mol. The number of amides is 2. The maximum atomic E-state index is 14.8. The number of alkyl halides is 3. The lowest BCUT2D eigenvalue weighted by molar-refractivity contribution is -0.137. The number of nitrogens with zero attached hydrogens (tertiary/aromatic N) is 2. The standard InChI is InChI=1S/C28H27F4N3O2/c1-2-3-16-10-24(35(15-16)27(37)20-11-19(13-33-14-20)17-4-5-17)26(36)34-25(18-6-7-18)22-9-8-21(12-23(22)29)28(30,31)32/h1,8-9,11-14,16-18,24-25H,3-7,10,15H2,(H,34,36)/t16-,24-,25-/m1/s1. The first-order valence-corrected chi connectivity index (χ1v) is 12.5. The third-order valence-electron chi connectivity index (χ3n) is 7.47. The highest BCUT2D eigenvalue weighted by atomic mass is 19.4. The highest BCUT2D eigenvalue weighted by Crippen LogP contribution is 2.43. The number of terminal acetylenes is 1. The van der Waals surface area contributed by atoms with Crippen LogP contribution in [0.15, 0.2) is 36.7 Å². The minimum atomic E-state index is -4.67. The predicted molar refractivity (Wildman–Crippen MR) is 128 cm³/mol. The van der Waals surface area contributed by atoms with Crippen LogP contribution < -0.4 is 5.32 Å². The van der Waals surface area contributed by atoms with E-state index in [9.17, 15) is 27.2 Å². The summed E-state index contributed by atoms with van der Waals surface area (Å²) in [6.45, 7) is 0.303. The van der Waals surface area contributed by atoms with Gasteiger partial charge in [-0.2, -0.15) is 13.2 Å². The number of pyridine rings is 1. The molecule has 2 aromatic rings. The van der Waals surface area contributed by atoms with Gasteiger partial charge in [0.05, 0.1) is 17.2 Å². The van der Waals surface area contributed by atoms with Crippen molar-refractivity contribution in [2.24, 2.45) is 11.8 Å². The summed E-state index contributed by atoms with van der Waals surface area (Å²) in [5, 5.41) is 2.85. The number of carbonyl (C=O) groups is 2. The van der Waals surface area contributed by atoms with E-state index < -0.39 is 35.5 Å². The highest BCUT2D eigenvalue weighted by Gasteiger charge is 2.43. The molecule has 2 saturated carbocycles. The Kier molecular flexibility index (Phi) is 6.69. The molecule has 37 heavy (non-hydrogen) atoms. The van der Waals surface area contributed by atoms with Gasteiger partial charge in [-0.05, 0) is 73.6 Å². The second-order valence-corrected chi connectivity index (χ2v) is 10.3. The number of aromatic nitrogens is 1. The molecule has 194 valence electrons. The number of hydrogen-bond donors (Lipinski definition) is 1. The Labute approximate surface area is 212 Å². The normalized spacial score (nSPS) is 22.4. The first-order chi connectivity index (χ1) is 17.7. The molecule has 9 heteroatoms. The van der Waals surface area contributed by atoms with E-state index >= 15 is 0 Å². The Morgan fingerprint density at radius 3 is 2.54 bits per heavy atom. The van der Waals surface area contributed by atoms with Gasteiger partial charge in [-0.1, -0.05) is 6.07 Å². The van der Waals surface area contributed by atoms with Crippen molar-refractivity contribution < 1.29 is 27.2 Å². The van der Waals surface area contributed by atoms with Gasteiger partial charge >= 0.3 is 6.18 Å². The number of nitrogens with one attached hydrogen (secondary N) is 1. The molecule has 1 aromatic heterocycles. The summed E-state index contributed by atoms with van der Waals surface area (Å²) in [6.07, 6.45) is 8.38. The molecule has 5 rings (SSSR count). The molecule has 1 aromatic carbocycles. The largest absolute Gasteiger partial charge is 0.416 e. The lowest BCUT2D eigenvalue weighted by Crippen LogP contribution is -2.47. The van der Waals surface area contributed by atoms with Crippen LogP contribution in [0.3, 0.4) is 0 Å². The number of rotatable bonds is 7. The van der Waals surface area contributed by atoms with Crippen molar-refractivity contribution in [3.05, 3.63) is 64.7 Å². The molecule has 0 spiro atoms. The van der Waals surface area contributed by atoms with Crippen molar-refractivity contribution in [1.82, 2.24) is 15.2 Å². The molecule has 2 aliphatic carbocycles. The Balaban J connectivity index is 1.38. The molecule has 0 radical (unpaired) electrons. The summed E-state index contributed by atoms with van der Waals surface area (Å²) in [5.41, 5.74) is 0.330. The van der Waals surface area contributed by atoms with Crippen molar-refractivity contribution >= 4 is 11.8 Å². The van der Waals surface area contributed by atoms with E-state index in [4.69, 9.17) is 6.42 Å². The third-order valence-corrected chi connectivity index (χ3v) is 7.47. The van der Waals surface area contributed by atoms with Gasteiger partial charge in [0.15, 0.2) is 0 Å². The van der Waals surface area contributed by atoms with Crippen LogP contribution in [0.1, 0.15) is 77.5 Å². The minimum Gasteiger partial charge on any atom is -0.347 e. The molecule has 2 heterocycles. The quantitative estimate of drug-likeness (QED) is 0.407. The maximum Gasteiger partial charge on any atom is 0.416 e. The van der Waals surface area contributed by atoms with Gasteiger partial charge in [0.1, 0.15) is 11.9 Å². The van der Waals surface area contributed by atoms with Crippen molar-refractivity contribution in [2.75, 3.05) is 6.54 Å². The molecule has 5 nitrogen and oxygen atoms in total. The van der Waals surface area contributed by atoms with Gasteiger partial charge < -0.3 is 10.2 Å². The predicted octanol–water partition coefficient (Wildman–Crippen LogP) is 5.24. The van der Waals surface area contributed by atoms with E-state index in [2.05, 4.69) is 16.2 Å². The summed E-state index contributed by atoms with van der Waals surface area (Å²) in [6, 6.07) is 2.60. The second kappa shape index (κ2) is 9.81. The summed E-state index contributed by atoms with van der Waals surface area (Å²) >= 11 is 0. The minimum absolute atomic E-state index is 0.0150. The fraction of sp³-hybridized carbons (Fsp3) is 0.464. The molecular formula is C28H27F4N3O2. The van der Waals surface area contributed by atoms with E-state index in [0.717, 1.165) is 43.4 Å². The highest BCUT2D eigenvalue weighted by molar-refractivity contribution is 5.98.